The summed E-state index contributed by atoms with van der Waals surface area (Å²) in [5.41, 5.74) is 1.83. The molecule has 0 aliphatic carbocycles. The smallest absolute Gasteiger partial charge is 0.224 e. The largest absolute Gasteiger partial charge is 0.388 e. The van der Waals surface area contributed by atoms with Crippen LogP contribution in [0.3, 0.4) is 0 Å². The van der Waals surface area contributed by atoms with Gasteiger partial charge in [-0.05, 0) is 30.0 Å². The molecular weight excluding hydrogens is 221 g/mol. The number of carbonyl (C=O) groups is 1. The molecule has 17 heavy (non-hydrogen) atoms. The van der Waals surface area contributed by atoms with Gasteiger partial charge in [0.1, 0.15) is 5.82 Å². The SMILES string of the molecule is CC(C)C(O)c1cc(F)cc2c1NC(=O)CC2. The highest BCUT2D eigenvalue weighted by molar-refractivity contribution is 5.94. The second-order valence-corrected chi connectivity index (χ2v) is 4.77. The predicted octanol–water partition coefficient (Wildman–Crippen LogP) is 2.40. The first-order chi connectivity index (χ1) is 7.99. The number of hydrogen-bond donors (Lipinski definition) is 2. The average Bonchev–Trinajstić information content (AvgIpc) is 2.27. The van der Waals surface area contributed by atoms with Gasteiger partial charge in [0.25, 0.3) is 0 Å². The summed E-state index contributed by atoms with van der Waals surface area (Å²) in [5, 5.41) is 12.8. The van der Waals surface area contributed by atoms with E-state index in [1.54, 1.807) is 0 Å². The number of benzene rings is 1. The molecule has 4 heteroatoms. The minimum Gasteiger partial charge on any atom is -0.388 e. The Morgan fingerprint density at radius 2 is 2.06 bits per heavy atom. The third-order valence-corrected chi connectivity index (χ3v) is 3.05. The molecule has 0 aromatic heterocycles. The van der Waals surface area contributed by atoms with Gasteiger partial charge in [0, 0.05) is 17.7 Å². The molecule has 0 saturated carbocycles. The number of fused-ring (bicyclic) bond motifs is 1. The number of nitrogens with one attached hydrogen (secondary N) is 1. The van der Waals surface area contributed by atoms with Gasteiger partial charge in [-0.1, -0.05) is 13.8 Å². The van der Waals surface area contributed by atoms with Crippen molar-refractivity contribution in [1.82, 2.24) is 0 Å². The number of rotatable bonds is 2. The third-order valence-electron chi connectivity index (χ3n) is 3.05. The molecule has 1 aliphatic rings. The normalized spacial score (nSPS) is 16.6. The van der Waals surface area contributed by atoms with Crippen molar-refractivity contribution >= 4 is 11.6 Å². The summed E-state index contributed by atoms with van der Waals surface area (Å²) in [7, 11) is 0. The molecule has 1 aliphatic heterocycles. The van der Waals surface area contributed by atoms with Crippen LogP contribution in [-0.2, 0) is 11.2 Å². The van der Waals surface area contributed by atoms with Crippen molar-refractivity contribution < 1.29 is 14.3 Å². The van der Waals surface area contributed by atoms with E-state index in [2.05, 4.69) is 5.32 Å². The van der Waals surface area contributed by atoms with Crippen LogP contribution in [0.25, 0.3) is 0 Å². The van der Waals surface area contributed by atoms with E-state index in [9.17, 15) is 14.3 Å². The lowest BCUT2D eigenvalue weighted by molar-refractivity contribution is -0.116. The van der Waals surface area contributed by atoms with Crippen molar-refractivity contribution in [3.05, 3.63) is 29.1 Å². The summed E-state index contributed by atoms with van der Waals surface area (Å²) in [6.45, 7) is 3.71. The van der Waals surface area contributed by atoms with E-state index in [0.717, 1.165) is 5.56 Å². The van der Waals surface area contributed by atoms with Gasteiger partial charge in [0.15, 0.2) is 0 Å². The van der Waals surface area contributed by atoms with Gasteiger partial charge in [-0.2, -0.15) is 0 Å². The first-order valence-corrected chi connectivity index (χ1v) is 5.79. The van der Waals surface area contributed by atoms with Gasteiger partial charge in [0.2, 0.25) is 5.91 Å². The van der Waals surface area contributed by atoms with Crippen molar-refractivity contribution in [3.63, 3.8) is 0 Å². The molecule has 0 fully saturated rings. The highest BCUT2D eigenvalue weighted by Gasteiger charge is 2.24. The third kappa shape index (κ3) is 2.31. The zero-order chi connectivity index (χ0) is 12.6. The fourth-order valence-corrected chi connectivity index (χ4v) is 2.08. The number of aliphatic hydroxyl groups excluding tert-OH is 1. The van der Waals surface area contributed by atoms with E-state index in [4.69, 9.17) is 0 Å². The molecule has 1 atom stereocenters. The lowest BCUT2D eigenvalue weighted by Gasteiger charge is -2.24. The Labute approximate surface area is 99.7 Å². The minimum absolute atomic E-state index is 0.0280. The van der Waals surface area contributed by atoms with E-state index in [-0.39, 0.29) is 17.6 Å². The van der Waals surface area contributed by atoms with Crippen LogP contribution in [0.1, 0.15) is 37.5 Å². The number of amides is 1. The molecule has 2 N–H and O–H groups in total. The predicted molar refractivity (Wildman–Crippen MR) is 63.1 cm³/mol. The van der Waals surface area contributed by atoms with Crippen LogP contribution in [0.2, 0.25) is 0 Å². The van der Waals surface area contributed by atoms with Crippen molar-refractivity contribution in [3.8, 4) is 0 Å². The Morgan fingerprint density at radius 3 is 2.71 bits per heavy atom. The van der Waals surface area contributed by atoms with Crippen molar-refractivity contribution in [2.75, 3.05) is 5.32 Å². The first kappa shape index (κ1) is 12.0. The van der Waals surface area contributed by atoms with E-state index < -0.39 is 6.10 Å². The van der Waals surface area contributed by atoms with E-state index in [1.807, 2.05) is 13.8 Å². The molecule has 1 aromatic carbocycles. The topological polar surface area (TPSA) is 49.3 Å². The standard InChI is InChI=1S/C13H16FNO2/c1-7(2)13(17)10-6-9(14)5-8-3-4-11(16)15-12(8)10/h5-7,13,17H,3-4H2,1-2H3,(H,15,16). The second-order valence-electron chi connectivity index (χ2n) is 4.77. The quantitative estimate of drug-likeness (QED) is 0.829. The molecule has 0 radical (unpaired) electrons. The zero-order valence-corrected chi connectivity index (χ0v) is 9.96. The molecule has 1 aromatic rings. The summed E-state index contributed by atoms with van der Waals surface area (Å²) in [6.07, 6.45) is 0.127. The van der Waals surface area contributed by atoms with E-state index in [1.165, 1.54) is 12.1 Å². The summed E-state index contributed by atoms with van der Waals surface area (Å²) in [5.74, 6) is -0.476. The average molecular weight is 237 g/mol. The van der Waals surface area contributed by atoms with Crippen molar-refractivity contribution in [1.29, 1.82) is 0 Å². The van der Waals surface area contributed by atoms with Crippen LogP contribution in [0.5, 0.6) is 0 Å². The van der Waals surface area contributed by atoms with Gasteiger partial charge >= 0.3 is 0 Å². The molecule has 92 valence electrons. The summed E-state index contributed by atoms with van der Waals surface area (Å²) < 4.78 is 13.5. The summed E-state index contributed by atoms with van der Waals surface area (Å²) >= 11 is 0. The first-order valence-electron chi connectivity index (χ1n) is 5.79. The van der Waals surface area contributed by atoms with Gasteiger partial charge in [-0.15, -0.1) is 0 Å². The minimum atomic E-state index is -0.766. The number of halogens is 1. The van der Waals surface area contributed by atoms with Crippen LogP contribution in [-0.4, -0.2) is 11.0 Å². The number of hydrogen-bond acceptors (Lipinski definition) is 2. The molecular formula is C13H16FNO2. The lowest BCUT2D eigenvalue weighted by atomic mass is 9.92. The fourth-order valence-electron chi connectivity index (χ4n) is 2.08. The molecule has 0 spiro atoms. The van der Waals surface area contributed by atoms with Crippen LogP contribution < -0.4 is 5.32 Å². The Kier molecular flexibility index (Phi) is 3.15. The Balaban J connectivity index is 2.50. The van der Waals surface area contributed by atoms with Gasteiger partial charge in [-0.3, -0.25) is 4.79 Å². The Morgan fingerprint density at radius 1 is 1.35 bits per heavy atom. The Hall–Kier alpha value is -1.42. The molecule has 0 bridgehead atoms. The zero-order valence-electron chi connectivity index (χ0n) is 9.96. The van der Waals surface area contributed by atoms with Crippen LogP contribution in [0.4, 0.5) is 10.1 Å². The summed E-state index contributed by atoms with van der Waals surface area (Å²) in [4.78, 5) is 11.4. The fraction of sp³-hybridized carbons (Fsp3) is 0.462. The molecule has 1 amide bonds. The number of aliphatic hydroxyl groups is 1. The molecule has 0 saturated heterocycles. The molecule has 1 heterocycles. The van der Waals surface area contributed by atoms with E-state index >= 15 is 0 Å². The number of carbonyl (C=O) groups excluding carboxylic acids is 1. The highest BCUT2D eigenvalue weighted by Crippen LogP contribution is 2.34. The van der Waals surface area contributed by atoms with Gasteiger partial charge in [0.05, 0.1) is 6.10 Å². The van der Waals surface area contributed by atoms with Crippen LogP contribution in [0.15, 0.2) is 12.1 Å². The van der Waals surface area contributed by atoms with Gasteiger partial charge in [-0.25, -0.2) is 4.39 Å². The second kappa shape index (κ2) is 4.45. The van der Waals surface area contributed by atoms with Crippen LogP contribution >= 0.6 is 0 Å². The summed E-state index contributed by atoms with van der Waals surface area (Å²) in [6, 6.07) is 2.72. The van der Waals surface area contributed by atoms with Crippen molar-refractivity contribution in [2.24, 2.45) is 5.92 Å². The number of aryl methyl sites for hydroxylation is 1. The molecule has 1 unspecified atom stereocenters. The lowest BCUT2D eigenvalue weighted by Crippen LogP contribution is -2.22. The maximum Gasteiger partial charge on any atom is 0.224 e. The van der Waals surface area contributed by atoms with Crippen LogP contribution in [0, 0.1) is 11.7 Å². The molecule has 2 rings (SSSR count). The maximum atomic E-state index is 13.5. The number of anilines is 1. The molecule has 3 nitrogen and oxygen atoms in total. The maximum absolute atomic E-state index is 13.5. The Bertz CT molecular complexity index is 457. The van der Waals surface area contributed by atoms with E-state index in [0.29, 0.717) is 24.1 Å². The van der Waals surface area contributed by atoms with Crippen molar-refractivity contribution in [2.45, 2.75) is 32.8 Å². The monoisotopic (exact) mass is 237 g/mol. The van der Waals surface area contributed by atoms with Gasteiger partial charge < -0.3 is 10.4 Å². The highest BCUT2D eigenvalue weighted by atomic mass is 19.1.